The molecule has 1 heterocycles. The molecule has 0 spiro atoms. The minimum Gasteiger partial charge on any atom is -0.495 e. The fourth-order valence-electron chi connectivity index (χ4n) is 4.40. The molecule has 0 radical (unpaired) electrons. The van der Waals surface area contributed by atoms with E-state index >= 15 is 0 Å². The summed E-state index contributed by atoms with van der Waals surface area (Å²) in [4.78, 5) is 15.9. The number of nitrogens with zero attached hydrogens (tertiary/aromatic N) is 3. The first-order valence-corrected chi connectivity index (χ1v) is 15.8. The molecule has 1 aromatic heterocycles. The molecule has 0 aliphatic carbocycles. The summed E-state index contributed by atoms with van der Waals surface area (Å²) < 4.78 is 47.1. The summed E-state index contributed by atoms with van der Waals surface area (Å²) in [5.74, 6) is 0.487. The smallest absolute Gasteiger partial charge is 0.421 e. The second-order valence-electron chi connectivity index (χ2n) is 9.71. The summed E-state index contributed by atoms with van der Waals surface area (Å²) in [6.45, 7) is 5.27. The van der Waals surface area contributed by atoms with Crippen LogP contribution in [-0.2, 0) is 21.2 Å². The van der Waals surface area contributed by atoms with Crippen LogP contribution in [0.2, 0.25) is 10.0 Å². The van der Waals surface area contributed by atoms with E-state index in [-0.39, 0.29) is 22.3 Å². The normalized spacial score (nSPS) is 11.9. The molecule has 0 saturated carbocycles. The summed E-state index contributed by atoms with van der Waals surface area (Å²) in [6.07, 6.45) is 0.187. The van der Waals surface area contributed by atoms with Gasteiger partial charge in [0.1, 0.15) is 11.6 Å². The summed E-state index contributed by atoms with van der Waals surface area (Å²) in [7, 11) is -2.72. The lowest BCUT2D eigenvalue weighted by atomic mass is 9.81. The van der Waals surface area contributed by atoms with Crippen molar-refractivity contribution in [2.75, 3.05) is 13.7 Å². The molecule has 4 aromatic rings. The highest BCUT2D eigenvalue weighted by Gasteiger charge is 2.31. The van der Waals surface area contributed by atoms with Crippen molar-refractivity contribution in [2.45, 2.75) is 42.0 Å². The van der Waals surface area contributed by atoms with Gasteiger partial charge in [0.05, 0.1) is 28.9 Å². The SMILES string of the molecule is CCN(C(=O)O)S(=O)(=O)c1ccc(CSc2ncc(C(C)(C)c3ccc(Cl)c(OC)c3)n2-c2ccc(F)cc2)c(Cl)c1. The lowest BCUT2D eigenvalue weighted by Gasteiger charge is -2.28. The number of methoxy groups -OCH3 is 1. The molecule has 8 nitrogen and oxygen atoms in total. The number of hydrogen-bond donors (Lipinski definition) is 1. The highest BCUT2D eigenvalue weighted by molar-refractivity contribution is 7.98. The van der Waals surface area contributed by atoms with E-state index in [0.717, 1.165) is 11.3 Å². The van der Waals surface area contributed by atoms with Crippen molar-refractivity contribution in [1.82, 2.24) is 13.9 Å². The largest absolute Gasteiger partial charge is 0.495 e. The van der Waals surface area contributed by atoms with Crippen LogP contribution in [0.1, 0.15) is 37.6 Å². The molecule has 0 atom stereocenters. The molecule has 0 unspecified atom stereocenters. The van der Waals surface area contributed by atoms with Crippen LogP contribution in [0.5, 0.6) is 5.75 Å². The van der Waals surface area contributed by atoms with Gasteiger partial charge in [0.15, 0.2) is 5.16 Å². The molecule has 1 amide bonds. The van der Waals surface area contributed by atoms with E-state index in [2.05, 4.69) is 4.98 Å². The summed E-state index contributed by atoms with van der Waals surface area (Å²) in [5.41, 5.74) is 2.48. The van der Waals surface area contributed by atoms with Crippen molar-refractivity contribution in [3.05, 3.63) is 99.5 Å². The Labute approximate surface area is 258 Å². The highest BCUT2D eigenvalue weighted by Crippen LogP contribution is 2.39. The van der Waals surface area contributed by atoms with Gasteiger partial charge >= 0.3 is 6.09 Å². The zero-order valence-electron chi connectivity index (χ0n) is 23.1. The molecule has 0 aliphatic rings. The van der Waals surface area contributed by atoms with Crippen LogP contribution in [0.4, 0.5) is 9.18 Å². The van der Waals surface area contributed by atoms with E-state index < -0.39 is 21.5 Å². The molecule has 1 N–H and O–H groups in total. The maximum absolute atomic E-state index is 13.8. The van der Waals surface area contributed by atoms with Crippen LogP contribution in [0.3, 0.4) is 0 Å². The number of carbonyl (C=O) groups is 1. The number of aromatic nitrogens is 2. The average Bonchev–Trinajstić information content (AvgIpc) is 3.37. The van der Waals surface area contributed by atoms with Gasteiger partial charge in [-0.3, -0.25) is 4.57 Å². The molecular weight excluding hydrogens is 624 g/mol. The first-order valence-electron chi connectivity index (χ1n) is 12.7. The van der Waals surface area contributed by atoms with Crippen LogP contribution in [-0.4, -0.2) is 47.1 Å². The number of rotatable bonds is 10. The van der Waals surface area contributed by atoms with Gasteiger partial charge in [0.2, 0.25) is 0 Å². The first-order chi connectivity index (χ1) is 19.8. The van der Waals surface area contributed by atoms with Crippen molar-refractivity contribution >= 4 is 51.1 Å². The van der Waals surface area contributed by atoms with Crippen molar-refractivity contribution in [3.63, 3.8) is 0 Å². The van der Waals surface area contributed by atoms with Crippen LogP contribution >= 0.6 is 35.0 Å². The minimum absolute atomic E-state index is 0.165. The fourth-order valence-corrected chi connectivity index (χ4v) is 7.29. The molecule has 42 heavy (non-hydrogen) atoms. The van der Waals surface area contributed by atoms with Gasteiger partial charge in [-0.25, -0.2) is 26.9 Å². The van der Waals surface area contributed by atoms with E-state index in [1.165, 1.54) is 43.0 Å². The Balaban J connectivity index is 1.71. The van der Waals surface area contributed by atoms with E-state index in [1.54, 1.807) is 37.6 Å². The van der Waals surface area contributed by atoms with Gasteiger partial charge in [-0.2, -0.15) is 0 Å². The number of benzene rings is 3. The molecular formula is C29H28Cl2FN3O5S2. The predicted octanol–water partition coefficient (Wildman–Crippen LogP) is 7.63. The highest BCUT2D eigenvalue weighted by atomic mass is 35.5. The number of halogens is 3. The topological polar surface area (TPSA) is 102 Å². The minimum atomic E-state index is -4.27. The van der Waals surface area contributed by atoms with Gasteiger partial charge in [-0.15, -0.1) is 0 Å². The van der Waals surface area contributed by atoms with E-state index in [4.69, 9.17) is 27.9 Å². The zero-order chi connectivity index (χ0) is 30.8. The molecule has 3 aromatic carbocycles. The maximum atomic E-state index is 13.8. The number of ether oxygens (including phenoxy) is 1. The molecule has 222 valence electrons. The third-order valence-electron chi connectivity index (χ3n) is 6.80. The molecule has 0 aliphatic heterocycles. The van der Waals surface area contributed by atoms with Gasteiger partial charge in [0.25, 0.3) is 10.0 Å². The van der Waals surface area contributed by atoms with Crippen molar-refractivity contribution in [3.8, 4) is 11.4 Å². The van der Waals surface area contributed by atoms with Crippen molar-refractivity contribution < 1.29 is 27.4 Å². The second kappa shape index (κ2) is 12.5. The zero-order valence-corrected chi connectivity index (χ0v) is 26.3. The predicted molar refractivity (Wildman–Crippen MR) is 162 cm³/mol. The monoisotopic (exact) mass is 651 g/mol. The summed E-state index contributed by atoms with van der Waals surface area (Å²) in [6, 6.07) is 15.8. The Morgan fingerprint density at radius 1 is 1.10 bits per heavy atom. The van der Waals surface area contributed by atoms with Gasteiger partial charge in [-0.1, -0.05) is 60.9 Å². The molecule has 0 bridgehead atoms. The van der Waals surface area contributed by atoms with Crippen LogP contribution in [0, 0.1) is 5.82 Å². The third kappa shape index (κ3) is 6.24. The first kappa shape index (κ1) is 31.7. The average molecular weight is 653 g/mol. The van der Waals surface area contributed by atoms with Crippen LogP contribution in [0.15, 0.2) is 76.9 Å². The van der Waals surface area contributed by atoms with Gasteiger partial charge in [-0.05, 0) is 66.6 Å². The Morgan fingerprint density at radius 2 is 1.79 bits per heavy atom. The molecule has 4 rings (SSSR count). The van der Waals surface area contributed by atoms with E-state index in [1.807, 2.05) is 30.5 Å². The number of carboxylic acid groups (broad SMARTS) is 1. The number of thioether (sulfide) groups is 1. The lowest BCUT2D eigenvalue weighted by molar-refractivity contribution is 0.173. The summed E-state index contributed by atoms with van der Waals surface area (Å²) >= 11 is 14.1. The van der Waals surface area contributed by atoms with E-state index in [0.29, 0.717) is 37.2 Å². The quantitative estimate of drug-likeness (QED) is 0.176. The van der Waals surface area contributed by atoms with Gasteiger partial charge in [0, 0.05) is 28.4 Å². The molecule has 0 fully saturated rings. The van der Waals surface area contributed by atoms with Crippen molar-refractivity contribution in [1.29, 1.82) is 0 Å². The Kier molecular flexibility index (Phi) is 9.46. The van der Waals surface area contributed by atoms with Gasteiger partial charge < -0.3 is 9.84 Å². The number of amides is 1. The Hall–Kier alpha value is -3.25. The van der Waals surface area contributed by atoms with Crippen LogP contribution < -0.4 is 4.74 Å². The third-order valence-corrected chi connectivity index (χ3v) is 10.3. The maximum Gasteiger partial charge on any atom is 0.421 e. The Morgan fingerprint density at radius 3 is 2.38 bits per heavy atom. The standard InChI is InChI=1S/C29H28Cl2FN3O5S2/c1-5-34(28(36)37)42(38,39)22-12-6-18(24(31)15-22)17-41-27-33-16-26(35(27)21-10-8-20(32)9-11-21)29(2,3)19-7-13-23(30)25(14-19)40-4/h6-16H,5,17H2,1-4H3,(H,36,37). The molecule has 13 heteroatoms. The second-order valence-corrected chi connectivity index (χ2v) is 13.3. The van der Waals surface area contributed by atoms with E-state index in [9.17, 15) is 22.7 Å². The van der Waals surface area contributed by atoms with Crippen molar-refractivity contribution in [2.24, 2.45) is 0 Å². The fraction of sp³-hybridized carbons (Fsp3) is 0.241. The number of sulfonamides is 1. The number of imidazole rings is 1. The number of hydrogen-bond acceptors (Lipinski definition) is 6. The van der Waals surface area contributed by atoms with Crippen LogP contribution in [0.25, 0.3) is 5.69 Å². The molecule has 0 saturated heterocycles. The Bertz CT molecular complexity index is 1730. The summed E-state index contributed by atoms with van der Waals surface area (Å²) in [5, 5.41) is 10.5. The lowest BCUT2D eigenvalue weighted by Crippen LogP contribution is -2.35.